The number of nitrogens with two attached hydrogens (primary N) is 1. The fourth-order valence-electron chi connectivity index (χ4n) is 5.76. The van der Waals surface area contributed by atoms with E-state index in [4.69, 9.17) is 10.7 Å². The number of benzene rings is 1. The fourth-order valence-corrected chi connectivity index (χ4v) is 6.88. The number of H-pyrrole nitrogens is 1. The molecule has 0 aliphatic carbocycles. The van der Waals surface area contributed by atoms with Gasteiger partial charge in [0.05, 0.1) is 32.3 Å². The largest absolute Gasteiger partial charge is 0.383 e. The number of nitrogens with one attached hydrogen (secondary N) is 1. The third kappa shape index (κ3) is 4.26. The van der Waals surface area contributed by atoms with Gasteiger partial charge in [-0.25, -0.2) is 9.97 Å². The fraction of sp³-hybridized carbons (Fsp3) is 0.464. The summed E-state index contributed by atoms with van der Waals surface area (Å²) in [5.74, 6) is 1.54. The molecule has 1 unspecified atom stereocenters. The Morgan fingerprint density at radius 2 is 1.89 bits per heavy atom. The number of nitrogen functional groups attached to an aromatic ring is 1. The minimum absolute atomic E-state index is 0.0196. The molecule has 0 saturated carbocycles. The van der Waals surface area contributed by atoms with Gasteiger partial charge in [-0.2, -0.15) is 0 Å². The van der Waals surface area contributed by atoms with Crippen LogP contribution < -0.4 is 5.73 Å². The van der Waals surface area contributed by atoms with Crippen molar-refractivity contribution in [2.75, 3.05) is 32.4 Å². The number of fused-ring (bicyclic) bond motifs is 2. The predicted molar refractivity (Wildman–Crippen MR) is 147 cm³/mol. The van der Waals surface area contributed by atoms with Gasteiger partial charge in [-0.15, -0.1) is 11.3 Å². The monoisotopic (exact) mass is 502 g/mol. The molecular formula is C28H34N6OS. The van der Waals surface area contributed by atoms with Gasteiger partial charge in [0, 0.05) is 12.5 Å². The van der Waals surface area contributed by atoms with Crippen molar-refractivity contribution in [1.82, 2.24) is 24.8 Å². The van der Waals surface area contributed by atoms with Crippen LogP contribution in [0, 0.1) is 12.8 Å². The number of carbonyl (C=O) groups is 1. The van der Waals surface area contributed by atoms with Gasteiger partial charge in [-0.05, 0) is 94.1 Å². The lowest BCUT2D eigenvalue weighted by atomic mass is 9.89. The second-order valence-corrected chi connectivity index (χ2v) is 11.9. The predicted octanol–water partition coefficient (Wildman–Crippen LogP) is 5.49. The highest BCUT2D eigenvalue weighted by molar-refractivity contribution is 7.18. The van der Waals surface area contributed by atoms with Crippen LogP contribution in [-0.4, -0.2) is 57.3 Å². The minimum atomic E-state index is 0.0196. The number of aromatic nitrogens is 3. The maximum atomic E-state index is 13.8. The zero-order valence-corrected chi connectivity index (χ0v) is 22.1. The molecule has 2 aliphatic heterocycles. The van der Waals surface area contributed by atoms with E-state index in [0.717, 1.165) is 54.6 Å². The number of aryl methyl sites for hydroxylation is 1. The van der Waals surface area contributed by atoms with Crippen molar-refractivity contribution < 1.29 is 4.79 Å². The minimum Gasteiger partial charge on any atom is -0.383 e. The first-order valence-electron chi connectivity index (χ1n) is 13.0. The summed E-state index contributed by atoms with van der Waals surface area (Å²) in [7, 11) is 2.20. The molecule has 0 bridgehead atoms. The molecule has 188 valence electrons. The topological polar surface area (TPSA) is 91.1 Å². The number of amides is 1. The summed E-state index contributed by atoms with van der Waals surface area (Å²) in [5.41, 5.74) is 11.3. The van der Waals surface area contributed by atoms with Crippen molar-refractivity contribution in [2.24, 2.45) is 5.92 Å². The number of aromatic amines is 1. The van der Waals surface area contributed by atoms with E-state index in [1.807, 2.05) is 35.3 Å². The smallest absolute Gasteiger partial charge is 0.270 e. The van der Waals surface area contributed by atoms with E-state index in [2.05, 4.69) is 47.0 Å². The van der Waals surface area contributed by atoms with Crippen LogP contribution in [0.4, 0.5) is 5.82 Å². The molecular weight excluding hydrogens is 468 g/mol. The Morgan fingerprint density at radius 3 is 2.69 bits per heavy atom. The molecule has 2 saturated heterocycles. The summed E-state index contributed by atoms with van der Waals surface area (Å²) < 4.78 is 1.24. The standard InChI is InChI=1S/C28H34N6OS/c1-16-4-6-24(34(15-16)28(35)23-14-21-20(30-23)12-17(2)26(29)31-21)19-5-7-25-22(13-19)32-27(36-25)18-8-10-33(3)11-9-18/h5,7,12-14,16,18,24,30H,4,6,8-11,15H2,1-3H3,(H2,29,31)/t16-,24?/m0/s1. The Hall–Kier alpha value is -2.97. The van der Waals surface area contributed by atoms with Gasteiger partial charge in [0.2, 0.25) is 0 Å². The normalized spacial score (nSPS) is 22.0. The van der Waals surface area contributed by atoms with Crippen molar-refractivity contribution in [3.63, 3.8) is 0 Å². The Labute approximate surface area is 215 Å². The van der Waals surface area contributed by atoms with Crippen LogP contribution in [0.25, 0.3) is 21.3 Å². The maximum Gasteiger partial charge on any atom is 0.270 e. The summed E-state index contributed by atoms with van der Waals surface area (Å²) in [6.07, 6.45) is 4.41. The molecule has 2 aliphatic rings. The van der Waals surface area contributed by atoms with E-state index in [0.29, 0.717) is 23.3 Å². The number of nitrogens with zero attached hydrogens (tertiary/aromatic N) is 4. The number of rotatable bonds is 3. The number of thiazole rings is 1. The number of likely N-dealkylation sites (tertiary alicyclic amines) is 2. The molecule has 36 heavy (non-hydrogen) atoms. The highest BCUT2D eigenvalue weighted by Crippen LogP contribution is 2.38. The highest BCUT2D eigenvalue weighted by Gasteiger charge is 2.33. The number of hydrogen-bond acceptors (Lipinski definition) is 6. The van der Waals surface area contributed by atoms with Gasteiger partial charge >= 0.3 is 0 Å². The number of piperidine rings is 2. The molecule has 5 heterocycles. The van der Waals surface area contributed by atoms with Gasteiger partial charge in [0.15, 0.2) is 0 Å². The first-order valence-corrected chi connectivity index (χ1v) is 13.8. The number of hydrogen-bond donors (Lipinski definition) is 2. The number of carbonyl (C=O) groups excluding carboxylic acids is 1. The lowest BCUT2D eigenvalue weighted by molar-refractivity contribution is 0.0539. The molecule has 3 N–H and O–H groups in total. The van der Waals surface area contributed by atoms with E-state index in [1.165, 1.54) is 28.1 Å². The average Bonchev–Trinajstić information content (AvgIpc) is 3.48. The van der Waals surface area contributed by atoms with Crippen molar-refractivity contribution in [3.8, 4) is 0 Å². The summed E-state index contributed by atoms with van der Waals surface area (Å²) >= 11 is 1.84. The van der Waals surface area contributed by atoms with E-state index < -0.39 is 0 Å². The van der Waals surface area contributed by atoms with Crippen LogP contribution in [0.1, 0.15) is 71.2 Å². The Balaban J connectivity index is 1.30. The van der Waals surface area contributed by atoms with E-state index in [-0.39, 0.29) is 11.9 Å². The van der Waals surface area contributed by atoms with Gasteiger partial charge in [-0.3, -0.25) is 4.79 Å². The van der Waals surface area contributed by atoms with Crippen LogP contribution in [-0.2, 0) is 0 Å². The Morgan fingerprint density at radius 1 is 1.08 bits per heavy atom. The highest BCUT2D eigenvalue weighted by atomic mass is 32.1. The summed E-state index contributed by atoms with van der Waals surface area (Å²) in [6, 6.07) is 10.5. The Bertz CT molecular complexity index is 1390. The molecule has 1 aromatic carbocycles. The molecule has 0 spiro atoms. The lowest BCUT2D eigenvalue weighted by Crippen LogP contribution is -2.41. The van der Waals surface area contributed by atoms with Crippen LogP contribution in [0.3, 0.4) is 0 Å². The van der Waals surface area contributed by atoms with Gasteiger partial charge in [0.1, 0.15) is 11.5 Å². The van der Waals surface area contributed by atoms with Gasteiger partial charge < -0.3 is 20.5 Å². The molecule has 2 fully saturated rings. The second-order valence-electron chi connectivity index (χ2n) is 10.8. The van der Waals surface area contributed by atoms with Crippen LogP contribution >= 0.6 is 11.3 Å². The van der Waals surface area contributed by atoms with Crippen molar-refractivity contribution >= 4 is 44.3 Å². The quantitative estimate of drug-likeness (QED) is 0.387. The van der Waals surface area contributed by atoms with Crippen LogP contribution in [0.5, 0.6) is 0 Å². The molecule has 2 atom stereocenters. The number of pyridine rings is 1. The summed E-state index contributed by atoms with van der Waals surface area (Å²) in [5, 5.41) is 1.26. The molecule has 8 heteroatoms. The SMILES string of the molecule is Cc1cc2[nH]c(C(=O)N3C[C@@H](C)CCC3c3ccc4sc(C5CCN(C)CC5)nc4c3)cc2nc1N. The first-order chi connectivity index (χ1) is 17.4. The number of anilines is 1. The molecule has 7 nitrogen and oxygen atoms in total. The van der Waals surface area contributed by atoms with Gasteiger partial charge in [-0.1, -0.05) is 13.0 Å². The van der Waals surface area contributed by atoms with Crippen molar-refractivity contribution in [3.05, 3.63) is 52.2 Å². The third-order valence-electron chi connectivity index (χ3n) is 8.02. The second kappa shape index (κ2) is 9.16. The van der Waals surface area contributed by atoms with Crippen molar-refractivity contribution in [1.29, 1.82) is 0 Å². The van der Waals surface area contributed by atoms with Gasteiger partial charge in [0.25, 0.3) is 5.91 Å². The molecule has 6 rings (SSSR count). The molecule has 0 radical (unpaired) electrons. The molecule has 1 amide bonds. The molecule has 4 aromatic rings. The van der Waals surface area contributed by atoms with Crippen LogP contribution in [0.2, 0.25) is 0 Å². The summed E-state index contributed by atoms with van der Waals surface area (Å²) in [4.78, 5) is 31.1. The van der Waals surface area contributed by atoms with Crippen LogP contribution in [0.15, 0.2) is 30.3 Å². The zero-order chi connectivity index (χ0) is 25.0. The zero-order valence-electron chi connectivity index (χ0n) is 21.3. The van der Waals surface area contributed by atoms with E-state index >= 15 is 0 Å². The first kappa shape index (κ1) is 23.4. The average molecular weight is 503 g/mol. The van der Waals surface area contributed by atoms with Crippen molar-refractivity contribution in [2.45, 2.75) is 51.5 Å². The van der Waals surface area contributed by atoms with E-state index in [1.54, 1.807) is 0 Å². The molecule has 3 aromatic heterocycles. The summed E-state index contributed by atoms with van der Waals surface area (Å²) in [6.45, 7) is 7.17. The Kier molecular flexibility index (Phi) is 5.96. The lowest BCUT2D eigenvalue weighted by Gasteiger charge is -2.38. The third-order valence-corrected chi connectivity index (χ3v) is 9.22. The maximum absolute atomic E-state index is 13.8. The van der Waals surface area contributed by atoms with E-state index in [9.17, 15) is 4.79 Å².